The number of nitrogens with zero attached hydrogens (tertiary/aromatic N) is 6. The molecule has 1 aromatic carbocycles. The van der Waals surface area contributed by atoms with Gasteiger partial charge in [0.2, 0.25) is 11.7 Å². The van der Waals surface area contributed by atoms with Crippen molar-refractivity contribution in [3.05, 3.63) is 65.9 Å². The molecule has 0 unspecified atom stereocenters. The highest BCUT2D eigenvalue weighted by atomic mass is 16.5. The number of fused-ring (bicyclic) bond motifs is 1. The van der Waals surface area contributed by atoms with Crippen molar-refractivity contribution in [2.24, 2.45) is 0 Å². The summed E-state index contributed by atoms with van der Waals surface area (Å²) in [4.78, 5) is 34.6. The first-order chi connectivity index (χ1) is 16.1. The Morgan fingerprint density at radius 1 is 1.27 bits per heavy atom. The average Bonchev–Trinajstić information content (AvgIpc) is 3.45. The fourth-order valence-electron chi connectivity index (χ4n) is 3.60. The van der Waals surface area contributed by atoms with Crippen LogP contribution in [0.15, 0.2) is 53.3 Å². The van der Waals surface area contributed by atoms with Crippen LogP contribution in [0.3, 0.4) is 0 Å². The van der Waals surface area contributed by atoms with E-state index >= 15 is 0 Å². The van der Waals surface area contributed by atoms with E-state index in [1.54, 1.807) is 40.9 Å². The zero-order chi connectivity index (χ0) is 22.9. The number of carbonyl (C=O) groups excluding carboxylic acids is 2. The lowest BCUT2D eigenvalue weighted by Crippen LogP contribution is -2.48. The van der Waals surface area contributed by atoms with Crippen molar-refractivity contribution in [3.8, 4) is 17.5 Å². The summed E-state index contributed by atoms with van der Waals surface area (Å²) in [6.45, 7) is 0.866. The molecule has 0 saturated carbocycles. The maximum atomic E-state index is 12.9. The number of carbonyl (C=O) groups is 2. The van der Waals surface area contributed by atoms with Gasteiger partial charge in [0.15, 0.2) is 0 Å². The fraction of sp³-hybridized carbons (Fsp3) is 0.182. The molecule has 1 aliphatic heterocycles. The fourth-order valence-corrected chi connectivity index (χ4v) is 3.60. The van der Waals surface area contributed by atoms with Crippen molar-refractivity contribution in [2.45, 2.75) is 5.92 Å². The zero-order valence-electron chi connectivity index (χ0n) is 17.4. The van der Waals surface area contributed by atoms with Crippen LogP contribution in [-0.4, -0.2) is 56.6 Å². The Kier molecular flexibility index (Phi) is 4.95. The van der Waals surface area contributed by atoms with Gasteiger partial charge in [-0.05, 0) is 30.3 Å². The van der Waals surface area contributed by atoms with E-state index in [1.807, 2.05) is 6.07 Å². The molecule has 3 aromatic heterocycles. The molecular formula is C22H17N7O4. The van der Waals surface area contributed by atoms with Crippen LogP contribution in [0.5, 0.6) is 0 Å². The Morgan fingerprint density at radius 2 is 2.12 bits per heavy atom. The second kappa shape index (κ2) is 8.08. The van der Waals surface area contributed by atoms with Gasteiger partial charge in [0.25, 0.3) is 5.91 Å². The van der Waals surface area contributed by atoms with Crippen LogP contribution in [0, 0.1) is 11.3 Å². The van der Waals surface area contributed by atoms with Gasteiger partial charge < -0.3 is 19.5 Å². The highest BCUT2D eigenvalue weighted by molar-refractivity contribution is 6.04. The van der Waals surface area contributed by atoms with Crippen LogP contribution in [0.25, 0.3) is 17.0 Å². The number of nitrogens with one attached hydrogen (secondary N) is 1. The van der Waals surface area contributed by atoms with Crippen LogP contribution >= 0.6 is 0 Å². The molecule has 1 fully saturated rings. The van der Waals surface area contributed by atoms with E-state index in [0.29, 0.717) is 47.4 Å². The van der Waals surface area contributed by atoms with Crippen LogP contribution in [-0.2, 0) is 4.74 Å². The monoisotopic (exact) mass is 443 g/mol. The Bertz CT molecular complexity index is 1410. The van der Waals surface area contributed by atoms with Gasteiger partial charge >= 0.3 is 6.09 Å². The molecule has 0 spiro atoms. The lowest BCUT2D eigenvalue weighted by atomic mass is 10.0. The van der Waals surface area contributed by atoms with E-state index in [4.69, 9.17) is 4.52 Å². The molecule has 5 rings (SSSR count). The summed E-state index contributed by atoms with van der Waals surface area (Å²) < 4.78 is 11.7. The summed E-state index contributed by atoms with van der Waals surface area (Å²) in [6, 6.07) is 12.4. The number of ether oxygens (including phenoxy) is 1. The lowest BCUT2D eigenvalue weighted by Gasteiger charge is -2.35. The molecule has 11 heteroatoms. The molecule has 1 N–H and O–H groups in total. The predicted octanol–water partition coefficient (Wildman–Crippen LogP) is 2.67. The number of imidazole rings is 1. The maximum absolute atomic E-state index is 12.9. The van der Waals surface area contributed by atoms with Crippen molar-refractivity contribution < 1.29 is 18.8 Å². The normalized spacial score (nSPS) is 13.4. The second-order valence-electron chi connectivity index (χ2n) is 7.43. The molecule has 1 aliphatic rings. The Hall–Kier alpha value is -4.72. The van der Waals surface area contributed by atoms with Gasteiger partial charge in [-0.2, -0.15) is 10.2 Å². The van der Waals surface area contributed by atoms with Crippen molar-refractivity contribution in [2.75, 3.05) is 25.5 Å². The summed E-state index contributed by atoms with van der Waals surface area (Å²) in [5, 5.41) is 16.3. The van der Waals surface area contributed by atoms with Gasteiger partial charge in [-0.25, -0.2) is 9.78 Å². The second-order valence-corrected chi connectivity index (χ2v) is 7.43. The minimum atomic E-state index is -0.409. The number of hydrogen-bond acceptors (Lipinski definition) is 8. The highest BCUT2D eigenvalue weighted by Crippen LogP contribution is 2.29. The van der Waals surface area contributed by atoms with E-state index in [1.165, 1.54) is 18.2 Å². The number of amides is 2. The minimum absolute atomic E-state index is 0.0712. The van der Waals surface area contributed by atoms with Crippen molar-refractivity contribution >= 4 is 23.3 Å². The zero-order valence-corrected chi connectivity index (χ0v) is 17.4. The van der Waals surface area contributed by atoms with Gasteiger partial charge in [0.1, 0.15) is 17.4 Å². The van der Waals surface area contributed by atoms with Crippen molar-refractivity contribution in [1.82, 2.24) is 24.4 Å². The lowest BCUT2D eigenvalue weighted by molar-refractivity contribution is 0.0804. The molecule has 0 atom stereocenters. The Balaban J connectivity index is 1.37. The number of rotatable bonds is 4. The summed E-state index contributed by atoms with van der Waals surface area (Å²) in [6.07, 6.45) is 2.81. The first-order valence-corrected chi connectivity index (χ1v) is 10.0. The number of hydrogen-bond donors (Lipinski definition) is 1. The third kappa shape index (κ3) is 3.63. The molecule has 164 valence electrons. The van der Waals surface area contributed by atoms with E-state index in [2.05, 4.69) is 31.2 Å². The van der Waals surface area contributed by atoms with Crippen molar-refractivity contribution in [1.29, 1.82) is 5.26 Å². The molecule has 0 bridgehead atoms. The standard InChI is InChI=1S/C22H17N7O4/c1-32-22(31)28-11-15(12-28)21-26-19(27-33-21)13-5-6-14(9-23)16(8-13)25-20(30)17-10-24-18-4-2-3-7-29(17)18/h2-8,10,15H,11-12H2,1H3,(H,25,30). The number of nitriles is 1. The number of methoxy groups -OCH3 is 1. The molecule has 2 amide bonds. The summed E-state index contributed by atoms with van der Waals surface area (Å²) in [7, 11) is 1.33. The van der Waals surface area contributed by atoms with E-state index < -0.39 is 12.0 Å². The van der Waals surface area contributed by atoms with Gasteiger partial charge in [0, 0.05) is 24.8 Å². The number of likely N-dealkylation sites (tertiary alicyclic amines) is 1. The van der Waals surface area contributed by atoms with Crippen LogP contribution in [0.2, 0.25) is 0 Å². The third-order valence-corrected chi connectivity index (χ3v) is 5.40. The van der Waals surface area contributed by atoms with Crippen molar-refractivity contribution in [3.63, 3.8) is 0 Å². The Labute approximate surface area is 187 Å². The SMILES string of the molecule is COC(=O)N1CC(c2nc(-c3ccc(C#N)c(NC(=O)c4cnc5ccccn45)c3)no2)C1. The molecule has 33 heavy (non-hydrogen) atoms. The minimum Gasteiger partial charge on any atom is -0.453 e. The van der Waals surface area contributed by atoms with E-state index in [0.717, 1.165) is 0 Å². The smallest absolute Gasteiger partial charge is 0.409 e. The molecular weight excluding hydrogens is 426 g/mol. The summed E-state index contributed by atoms with van der Waals surface area (Å²) in [5.41, 5.74) is 2.15. The maximum Gasteiger partial charge on any atom is 0.409 e. The topological polar surface area (TPSA) is 139 Å². The van der Waals surface area contributed by atoms with Crippen LogP contribution in [0.4, 0.5) is 10.5 Å². The first-order valence-electron chi connectivity index (χ1n) is 10.0. The first kappa shape index (κ1) is 20.2. The molecule has 0 radical (unpaired) electrons. The average molecular weight is 443 g/mol. The highest BCUT2D eigenvalue weighted by Gasteiger charge is 2.36. The quantitative estimate of drug-likeness (QED) is 0.508. The van der Waals surface area contributed by atoms with E-state index in [9.17, 15) is 14.9 Å². The van der Waals surface area contributed by atoms with Crippen LogP contribution in [0.1, 0.15) is 27.9 Å². The van der Waals surface area contributed by atoms with Crippen LogP contribution < -0.4 is 5.32 Å². The number of pyridine rings is 1. The number of anilines is 1. The Morgan fingerprint density at radius 3 is 2.91 bits per heavy atom. The molecule has 0 aliphatic carbocycles. The summed E-state index contributed by atoms with van der Waals surface area (Å²) >= 11 is 0. The number of benzene rings is 1. The molecule has 4 heterocycles. The number of aromatic nitrogens is 4. The van der Waals surface area contributed by atoms with E-state index in [-0.39, 0.29) is 11.5 Å². The largest absolute Gasteiger partial charge is 0.453 e. The molecule has 1 saturated heterocycles. The van der Waals surface area contributed by atoms with Gasteiger partial charge in [-0.1, -0.05) is 11.2 Å². The van der Waals surface area contributed by atoms with Gasteiger partial charge in [0.05, 0.1) is 30.5 Å². The summed E-state index contributed by atoms with van der Waals surface area (Å²) in [5.74, 6) is 0.244. The third-order valence-electron chi connectivity index (χ3n) is 5.40. The molecule has 4 aromatic rings. The van der Waals surface area contributed by atoms with Gasteiger partial charge in [-0.3, -0.25) is 9.20 Å². The molecule has 11 nitrogen and oxygen atoms in total. The predicted molar refractivity (Wildman–Crippen MR) is 114 cm³/mol. The van der Waals surface area contributed by atoms with Gasteiger partial charge in [-0.15, -0.1) is 0 Å².